The van der Waals surface area contributed by atoms with E-state index in [1.807, 2.05) is 19.1 Å². The van der Waals surface area contributed by atoms with Crippen LogP contribution in [0.4, 0.5) is 0 Å². The Morgan fingerprint density at radius 1 is 1.78 bits per heavy atom. The number of carboxylic acid groups (broad SMARTS) is 1. The van der Waals surface area contributed by atoms with Gasteiger partial charge >= 0.3 is 5.97 Å². The molecule has 1 rings (SSSR count). The highest BCUT2D eigenvalue weighted by molar-refractivity contribution is 5.73. The molecule has 2 atom stereocenters. The van der Waals surface area contributed by atoms with Gasteiger partial charge in [0, 0.05) is 0 Å². The van der Waals surface area contributed by atoms with Gasteiger partial charge in [-0.25, -0.2) is 0 Å². The Labute approximate surface area is 54.2 Å². The molecule has 0 radical (unpaired) electrons. The molecule has 1 aliphatic carbocycles. The van der Waals surface area contributed by atoms with Gasteiger partial charge in [-0.1, -0.05) is 12.2 Å². The predicted octanol–water partition coefficient (Wildman–Crippen LogP) is 1.28. The van der Waals surface area contributed by atoms with Crippen LogP contribution in [-0.4, -0.2) is 11.1 Å². The molecule has 50 valence electrons. The summed E-state index contributed by atoms with van der Waals surface area (Å²) in [5.74, 6) is -0.410. The normalized spacial score (nSPS) is 33.0. The fourth-order valence-electron chi connectivity index (χ4n) is 0.958. The van der Waals surface area contributed by atoms with Crippen LogP contribution < -0.4 is 0 Å². The van der Waals surface area contributed by atoms with Gasteiger partial charge in [0.25, 0.3) is 0 Å². The molecule has 0 aromatic carbocycles. The summed E-state index contributed by atoms with van der Waals surface area (Å²) in [6.07, 6.45) is 4.70. The van der Waals surface area contributed by atoms with Crippen LogP contribution in [0.15, 0.2) is 12.2 Å². The molecule has 1 fully saturated rings. The van der Waals surface area contributed by atoms with Crippen LogP contribution in [0.1, 0.15) is 13.3 Å². The van der Waals surface area contributed by atoms with Gasteiger partial charge in [0.15, 0.2) is 0 Å². The average molecular weight is 126 g/mol. The number of carboxylic acids is 1. The van der Waals surface area contributed by atoms with Crippen molar-refractivity contribution in [2.24, 2.45) is 11.8 Å². The van der Waals surface area contributed by atoms with Crippen molar-refractivity contribution in [3.63, 3.8) is 0 Å². The molecule has 1 saturated carbocycles. The molecule has 1 N–H and O–H groups in total. The van der Waals surface area contributed by atoms with Crippen molar-refractivity contribution in [1.29, 1.82) is 0 Å². The Bertz CT molecular complexity index is 149. The van der Waals surface area contributed by atoms with Crippen molar-refractivity contribution in [2.75, 3.05) is 0 Å². The van der Waals surface area contributed by atoms with Crippen molar-refractivity contribution >= 4 is 5.97 Å². The zero-order valence-electron chi connectivity index (χ0n) is 5.37. The number of hydrogen-bond donors (Lipinski definition) is 1. The van der Waals surface area contributed by atoms with Gasteiger partial charge in [0.2, 0.25) is 0 Å². The van der Waals surface area contributed by atoms with Gasteiger partial charge in [-0.3, -0.25) is 4.79 Å². The highest BCUT2D eigenvalue weighted by Gasteiger charge is 2.40. The Hall–Kier alpha value is -0.790. The van der Waals surface area contributed by atoms with E-state index < -0.39 is 5.97 Å². The molecule has 0 heterocycles. The molecule has 0 aromatic rings. The van der Waals surface area contributed by atoms with E-state index in [-0.39, 0.29) is 5.92 Å². The predicted molar refractivity (Wildman–Crippen MR) is 34.0 cm³/mol. The van der Waals surface area contributed by atoms with Crippen LogP contribution in [0.25, 0.3) is 0 Å². The summed E-state index contributed by atoms with van der Waals surface area (Å²) >= 11 is 0. The van der Waals surface area contributed by atoms with Crippen LogP contribution in [0.5, 0.6) is 0 Å². The lowest BCUT2D eigenvalue weighted by Crippen LogP contribution is -1.97. The first-order valence-electron chi connectivity index (χ1n) is 3.11. The first-order valence-corrected chi connectivity index (χ1v) is 3.11. The molecular weight excluding hydrogens is 116 g/mol. The second-order valence-electron chi connectivity index (χ2n) is 2.37. The molecule has 0 amide bonds. The average Bonchev–Trinajstić information content (AvgIpc) is 2.47. The van der Waals surface area contributed by atoms with Crippen molar-refractivity contribution in [2.45, 2.75) is 13.3 Å². The summed E-state index contributed by atoms with van der Waals surface area (Å²) in [6.45, 7) is 1.91. The third-order valence-electron chi connectivity index (χ3n) is 1.60. The quantitative estimate of drug-likeness (QED) is 0.566. The SMILES string of the molecule is C/C=C/C1CC1C(=O)O. The fraction of sp³-hybridized carbons (Fsp3) is 0.571. The van der Waals surface area contributed by atoms with E-state index in [1.54, 1.807) is 0 Å². The molecule has 0 bridgehead atoms. The first-order chi connectivity index (χ1) is 4.25. The fourth-order valence-corrected chi connectivity index (χ4v) is 0.958. The summed E-state index contributed by atoms with van der Waals surface area (Å²) in [6, 6.07) is 0. The van der Waals surface area contributed by atoms with Crippen molar-refractivity contribution in [3.8, 4) is 0 Å². The third-order valence-corrected chi connectivity index (χ3v) is 1.60. The van der Waals surface area contributed by atoms with Gasteiger partial charge in [-0.05, 0) is 19.3 Å². The maximum atomic E-state index is 10.2. The Kier molecular flexibility index (Phi) is 1.56. The summed E-state index contributed by atoms with van der Waals surface area (Å²) in [4.78, 5) is 10.2. The topological polar surface area (TPSA) is 37.3 Å². The van der Waals surface area contributed by atoms with Crippen LogP contribution in [0, 0.1) is 11.8 Å². The lowest BCUT2D eigenvalue weighted by molar-refractivity contribution is -0.138. The highest BCUT2D eigenvalue weighted by Crippen LogP contribution is 2.39. The number of rotatable bonds is 2. The Morgan fingerprint density at radius 3 is 2.78 bits per heavy atom. The molecule has 0 aromatic heterocycles. The minimum absolute atomic E-state index is 0.0822. The second kappa shape index (κ2) is 2.21. The van der Waals surface area contributed by atoms with Gasteiger partial charge in [-0.15, -0.1) is 0 Å². The monoisotopic (exact) mass is 126 g/mol. The molecule has 2 unspecified atom stereocenters. The van der Waals surface area contributed by atoms with E-state index >= 15 is 0 Å². The largest absolute Gasteiger partial charge is 0.481 e. The van der Waals surface area contributed by atoms with Gasteiger partial charge in [0.05, 0.1) is 5.92 Å². The van der Waals surface area contributed by atoms with E-state index in [0.29, 0.717) is 5.92 Å². The molecule has 2 nitrogen and oxygen atoms in total. The molecule has 9 heavy (non-hydrogen) atoms. The Morgan fingerprint density at radius 2 is 2.44 bits per heavy atom. The molecule has 2 heteroatoms. The van der Waals surface area contributed by atoms with E-state index in [0.717, 1.165) is 6.42 Å². The lowest BCUT2D eigenvalue weighted by atomic mass is 10.3. The molecular formula is C7H10O2. The number of allylic oxidation sites excluding steroid dienone is 2. The van der Waals surface area contributed by atoms with Crippen molar-refractivity contribution in [3.05, 3.63) is 12.2 Å². The van der Waals surface area contributed by atoms with E-state index in [1.165, 1.54) is 0 Å². The van der Waals surface area contributed by atoms with Crippen LogP contribution in [-0.2, 0) is 4.79 Å². The molecule has 0 spiro atoms. The minimum Gasteiger partial charge on any atom is -0.481 e. The zero-order chi connectivity index (χ0) is 6.85. The highest BCUT2D eigenvalue weighted by atomic mass is 16.4. The number of aliphatic carboxylic acids is 1. The van der Waals surface area contributed by atoms with Gasteiger partial charge in [0.1, 0.15) is 0 Å². The summed E-state index contributed by atoms with van der Waals surface area (Å²) in [5.41, 5.74) is 0. The molecule has 0 aliphatic heterocycles. The smallest absolute Gasteiger partial charge is 0.307 e. The zero-order valence-corrected chi connectivity index (χ0v) is 5.37. The maximum absolute atomic E-state index is 10.2. The standard InChI is InChI=1S/C7H10O2/c1-2-3-5-4-6(5)7(8)9/h2-3,5-6H,4H2,1H3,(H,8,9)/b3-2+. The lowest BCUT2D eigenvalue weighted by Gasteiger charge is -1.82. The summed E-state index contributed by atoms with van der Waals surface area (Å²) in [5, 5.41) is 8.42. The van der Waals surface area contributed by atoms with Crippen LogP contribution in [0.3, 0.4) is 0 Å². The molecule has 0 saturated heterocycles. The summed E-state index contributed by atoms with van der Waals surface area (Å²) < 4.78 is 0. The van der Waals surface area contributed by atoms with Gasteiger partial charge in [-0.2, -0.15) is 0 Å². The Balaban J connectivity index is 2.33. The van der Waals surface area contributed by atoms with E-state index in [9.17, 15) is 4.79 Å². The second-order valence-corrected chi connectivity index (χ2v) is 2.37. The molecule has 1 aliphatic rings. The third kappa shape index (κ3) is 1.31. The number of carbonyl (C=O) groups is 1. The minimum atomic E-state index is -0.655. The number of hydrogen-bond acceptors (Lipinski definition) is 1. The van der Waals surface area contributed by atoms with Gasteiger partial charge < -0.3 is 5.11 Å². The van der Waals surface area contributed by atoms with Crippen LogP contribution >= 0.6 is 0 Å². The first kappa shape index (κ1) is 6.33. The summed E-state index contributed by atoms with van der Waals surface area (Å²) in [7, 11) is 0. The van der Waals surface area contributed by atoms with Crippen molar-refractivity contribution in [1.82, 2.24) is 0 Å². The van der Waals surface area contributed by atoms with Crippen molar-refractivity contribution < 1.29 is 9.90 Å². The van der Waals surface area contributed by atoms with E-state index in [4.69, 9.17) is 5.11 Å². The van der Waals surface area contributed by atoms with E-state index in [2.05, 4.69) is 0 Å². The maximum Gasteiger partial charge on any atom is 0.307 e. The van der Waals surface area contributed by atoms with Crippen LogP contribution in [0.2, 0.25) is 0 Å².